The molecular weight excluding hydrogens is 252 g/mol. The first-order valence-corrected chi connectivity index (χ1v) is 6.80. The van der Waals surface area contributed by atoms with E-state index in [0.717, 1.165) is 11.3 Å². The Morgan fingerprint density at radius 2 is 1.95 bits per heavy atom. The SMILES string of the molecule is CC(C)c1ccc(NC(=O)c2cn[nH]n2)c(C(C)C)c1. The first kappa shape index (κ1) is 14.2. The molecule has 0 spiro atoms. The lowest BCUT2D eigenvalue weighted by molar-refractivity contribution is 0.102. The first-order chi connectivity index (χ1) is 9.49. The molecule has 1 heterocycles. The molecule has 2 rings (SSSR count). The van der Waals surface area contributed by atoms with Crippen molar-refractivity contribution in [3.63, 3.8) is 0 Å². The predicted molar refractivity (Wildman–Crippen MR) is 79.0 cm³/mol. The summed E-state index contributed by atoms with van der Waals surface area (Å²) in [6, 6.07) is 6.17. The van der Waals surface area contributed by atoms with Gasteiger partial charge in [0, 0.05) is 5.69 Å². The lowest BCUT2D eigenvalue weighted by Crippen LogP contribution is -2.14. The van der Waals surface area contributed by atoms with Crippen LogP contribution in [0.5, 0.6) is 0 Å². The Balaban J connectivity index is 2.29. The molecule has 0 saturated carbocycles. The van der Waals surface area contributed by atoms with E-state index < -0.39 is 0 Å². The molecule has 0 bridgehead atoms. The van der Waals surface area contributed by atoms with Crippen LogP contribution in [0.15, 0.2) is 24.4 Å². The average Bonchev–Trinajstić information content (AvgIpc) is 2.92. The zero-order chi connectivity index (χ0) is 14.7. The van der Waals surface area contributed by atoms with E-state index in [0.29, 0.717) is 11.8 Å². The van der Waals surface area contributed by atoms with Crippen molar-refractivity contribution in [3.8, 4) is 0 Å². The minimum atomic E-state index is -0.252. The van der Waals surface area contributed by atoms with E-state index in [1.807, 2.05) is 6.07 Å². The van der Waals surface area contributed by atoms with Gasteiger partial charge in [-0.1, -0.05) is 39.8 Å². The van der Waals surface area contributed by atoms with Crippen LogP contribution in [0.1, 0.15) is 61.1 Å². The molecule has 0 radical (unpaired) electrons. The second kappa shape index (κ2) is 5.86. The van der Waals surface area contributed by atoms with E-state index in [-0.39, 0.29) is 11.6 Å². The molecule has 2 aromatic rings. The van der Waals surface area contributed by atoms with Crippen molar-refractivity contribution in [2.75, 3.05) is 5.32 Å². The molecule has 1 aromatic carbocycles. The highest BCUT2D eigenvalue weighted by molar-refractivity contribution is 6.03. The summed E-state index contributed by atoms with van der Waals surface area (Å²) in [6.07, 6.45) is 1.41. The Hall–Kier alpha value is -2.17. The largest absolute Gasteiger partial charge is 0.320 e. The number of aromatic nitrogens is 3. The van der Waals surface area contributed by atoms with E-state index >= 15 is 0 Å². The van der Waals surface area contributed by atoms with Gasteiger partial charge >= 0.3 is 0 Å². The zero-order valence-corrected chi connectivity index (χ0v) is 12.3. The Bertz CT molecular complexity index is 588. The first-order valence-electron chi connectivity index (χ1n) is 6.80. The van der Waals surface area contributed by atoms with Crippen molar-refractivity contribution in [2.24, 2.45) is 0 Å². The molecule has 5 nitrogen and oxygen atoms in total. The maximum absolute atomic E-state index is 12.0. The highest BCUT2D eigenvalue weighted by atomic mass is 16.2. The fourth-order valence-corrected chi connectivity index (χ4v) is 2.03. The van der Waals surface area contributed by atoms with E-state index in [9.17, 15) is 4.79 Å². The fourth-order valence-electron chi connectivity index (χ4n) is 2.03. The summed E-state index contributed by atoms with van der Waals surface area (Å²) in [5.41, 5.74) is 3.52. The van der Waals surface area contributed by atoms with Gasteiger partial charge in [0.2, 0.25) is 0 Å². The lowest BCUT2D eigenvalue weighted by atomic mass is 9.94. The van der Waals surface area contributed by atoms with Crippen LogP contribution in [0.25, 0.3) is 0 Å². The number of benzene rings is 1. The number of nitrogens with one attached hydrogen (secondary N) is 2. The Labute approximate surface area is 118 Å². The molecule has 0 saturated heterocycles. The van der Waals surface area contributed by atoms with Gasteiger partial charge in [-0.3, -0.25) is 4.79 Å². The Morgan fingerprint density at radius 3 is 2.50 bits per heavy atom. The number of hydrogen-bond donors (Lipinski definition) is 2. The fraction of sp³-hybridized carbons (Fsp3) is 0.400. The number of carbonyl (C=O) groups excluding carboxylic acids is 1. The molecule has 5 heteroatoms. The third kappa shape index (κ3) is 3.04. The maximum Gasteiger partial charge on any atom is 0.277 e. The molecule has 0 atom stereocenters. The lowest BCUT2D eigenvalue weighted by Gasteiger charge is -2.16. The number of aromatic amines is 1. The zero-order valence-electron chi connectivity index (χ0n) is 12.3. The van der Waals surface area contributed by atoms with Gasteiger partial charge in [0.25, 0.3) is 5.91 Å². The topological polar surface area (TPSA) is 70.7 Å². The minimum absolute atomic E-state index is 0.252. The predicted octanol–water partition coefficient (Wildman–Crippen LogP) is 3.30. The maximum atomic E-state index is 12.0. The van der Waals surface area contributed by atoms with Crippen molar-refractivity contribution < 1.29 is 4.79 Å². The standard InChI is InChI=1S/C15H20N4O/c1-9(2)11-5-6-13(12(7-11)10(3)4)17-15(20)14-8-16-19-18-14/h5-10H,1-4H3,(H,17,20)(H,16,18,19). The number of anilines is 1. The molecule has 0 aliphatic rings. The highest BCUT2D eigenvalue weighted by Crippen LogP contribution is 2.28. The van der Waals surface area contributed by atoms with Crippen LogP contribution in [0.3, 0.4) is 0 Å². The van der Waals surface area contributed by atoms with Crippen LogP contribution in [0, 0.1) is 0 Å². The Morgan fingerprint density at radius 1 is 1.20 bits per heavy atom. The average molecular weight is 272 g/mol. The van der Waals surface area contributed by atoms with Crippen LogP contribution in [0.2, 0.25) is 0 Å². The van der Waals surface area contributed by atoms with Crippen LogP contribution < -0.4 is 5.32 Å². The normalized spacial score (nSPS) is 11.1. The van der Waals surface area contributed by atoms with Gasteiger partial charge in [0.05, 0.1) is 6.20 Å². The molecule has 2 N–H and O–H groups in total. The quantitative estimate of drug-likeness (QED) is 0.897. The van der Waals surface area contributed by atoms with E-state index in [2.05, 4.69) is 60.6 Å². The van der Waals surface area contributed by atoms with Crippen molar-refractivity contribution in [2.45, 2.75) is 39.5 Å². The molecule has 0 unspecified atom stereocenters. The van der Waals surface area contributed by atoms with Crippen molar-refractivity contribution in [3.05, 3.63) is 41.2 Å². The molecule has 1 aromatic heterocycles. The molecule has 1 amide bonds. The number of carbonyl (C=O) groups is 1. The number of amides is 1. The van der Waals surface area contributed by atoms with Crippen LogP contribution in [-0.4, -0.2) is 21.3 Å². The molecule has 106 valence electrons. The monoisotopic (exact) mass is 272 g/mol. The molecule has 20 heavy (non-hydrogen) atoms. The summed E-state index contributed by atoms with van der Waals surface area (Å²) in [5.74, 6) is 0.548. The summed E-state index contributed by atoms with van der Waals surface area (Å²) in [4.78, 5) is 12.0. The van der Waals surface area contributed by atoms with Crippen LogP contribution in [-0.2, 0) is 0 Å². The van der Waals surface area contributed by atoms with Crippen molar-refractivity contribution in [1.82, 2.24) is 15.4 Å². The second-order valence-corrected chi connectivity index (χ2v) is 5.47. The number of nitrogens with zero attached hydrogens (tertiary/aromatic N) is 2. The number of rotatable bonds is 4. The van der Waals surface area contributed by atoms with E-state index in [4.69, 9.17) is 0 Å². The smallest absolute Gasteiger partial charge is 0.277 e. The second-order valence-electron chi connectivity index (χ2n) is 5.47. The van der Waals surface area contributed by atoms with Gasteiger partial charge in [-0.2, -0.15) is 15.4 Å². The third-order valence-electron chi connectivity index (χ3n) is 3.26. The van der Waals surface area contributed by atoms with Crippen molar-refractivity contribution >= 4 is 11.6 Å². The van der Waals surface area contributed by atoms with Gasteiger partial charge < -0.3 is 5.32 Å². The van der Waals surface area contributed by atoms with E-state index in [1.54, 1.807) is 0 Å². The van der Waals surface area contributed by atoms with Gasteiger partial charge in [0.15, 0.2) is 5.69 Å². The number of H-pyrrole nitrogens is 1. The summed E-state index contributed by atoms with van der Waals surface area (Å²) in [6.45, 7) is 8.55. The van der Waals surface area contributed by atoms with Gasteiger partial charge in [0.1, 0.15) is 0 Å². The van der Waals surface area contributed by atoms with Crippen LogP contribution >= 0.6 is 0 Å². The molecule has 0 aliphatic carbocycles. The van der Waals surface area contributed by atoms with Gasteiger partial charge in [-0.15, -0.1) is 0 Å². The Kier molecular flexibility index (Phi) is 4.17. The molecule has 0 aliphatic heterocycles. The summed E-state index contributed by atoms with van der Waals surface area (Å²) in [7, 11) is 0. The number of hydrogen-bond acceptors (Lipinski definition) is 3. The van der Waals surface area contributed by atoms with Crippen molar-refractivity contribution in [1.29, 1.82) is 0 Å². The summed E-state index contributed by atoms with van der Waals surface area (Å²) >= 11 is 0. The minimum Gasteiger partial charge on any atom is -0.320 e. The van der Waals surface area contributed by atoms with Gasteiger partial charge in [-0.05, 0) is 29.0 Å². The summed E-state index contributed by atoms with van der Waals surface area (Å²) < 4.78 is 0. The molecule has 0 fully saturated rings. The third-order valence-corrected chi connectivity index (χ3v) is 3.26. The van der Waals surface area contributed by atoms with Crippen LogP contribution in [0.4, 0.5) is 5.69 Å². The van der Waals surface area contributed by atoms with Gasteiger partial charge in [-0.25, -0.2) is 0 Å². The van der Waals surface area contributed by atoms with E-state index in [1.165, 1.54) is 11.8 Å². The highest BCUT2D eigenvalue weighted by Gasteiger charge is 2.14. The molecular formula is C15H20N4O. The summed E-state index contributed by atoms with van der Waals surface area (Å²) in [5, 5.41) is 12.8.